The first-order valence-corrected chi connectivity index (χ1v) is 9.89. The van der Waals surface area contributed by atoms with Crippen LogP contribution in [0.4, 0.5) is 0 Å². The van der Waals surface area contributed by atoms with Crippen molar-refractivity contribution in [2.45, 2.75) is 50.9 Å². The number of allylic oxidation sites excluding steroid dienone is 4. The van der Waals surface area contributed by atoms with E-state index >= 15 is 0 Å². The van der Waals surface area contributed by atoms with E-state index in [1.54, 1.807) is 12.1 Å². The second kappa shape index (κ2) is 6.30. The molecule has 0 saturated carbocycles. The largest absolute Gasteiger partial charge is 0.423 e. The summed E-state index contributed by atoms with van der Waals surface area (Å²) in [6, 6.07) is 3.50. The molecule has 0 amide bonds. The highest BCUT2D eigenvalue weighted by Crippen LogP contribution is 2.55. The van der Waals surface area contributed by atoms with Crippen molar-refractivity contribution in [2.24, 2.45) is 0 Å². The van der Waals surface area contributed by atoms with Crippen LogP contribution in [-0.4, -0.2) is 17.9 Å². The maximum absolute atomic E-state index is 12.3. The van der Waals surface area contributed by atoms with Gasteiger partial charge in [-0.15, -0.1) is 0 Å². The molecule has 1 saturated heterocycles. The molecule has 1 aromatic carbocycles. The Balaban J connectivity index is 1.45. The minimum absolute atomic E-state index is 0.0269. The zero-order valence-corrected chi connectivity index (χ0v) is 15.6. The molecule has 0 bridgehead atoms. The van der Waals surface area contributed by atoms with E-state index in [-0.39, 0.29) is 17.8 Å². The number of esters is 3. The van der Waals surface area contributed by atoms with E-state index in [0.29, 0.717) is 22.5 Å². The van der Waals surface area contributed by atoms with Crippen LogP contribution in [0.1, 0.15) is 82.7 Å². The second-order valence-corrected chi connectivity index (χ2v) is 7.72. The Morgan fingerprint density at radius 1 is 0.821 bits per heavy atom. The van der Waals surface area contributed by atoms with Gasteiger partial charge in [-0.05, 0) is 42.2 Å². The van der Waals surface area contributed by atoms with Gasteiger partial charge in [-0.1, -0.05) is 38.3 Å². The fourth-order valence-corrected chi connectivity index (χ4v) is 4.52. The summed E-state index contributed by atoms with van der Waals surface area (Å²) in [6.45, 7) is 2.18. The molecule has 2 unspecified atom stereocenters. The molecule has 5 rings (SSSR count). The van der Waals surface area contributed by atoms with E-state index in [1.807, 2.05) is 12.2 Å². The highest BCUT2D eigenvalue weighted by molar-refractivity contribution is 6.15. The van der Waals surface area contributed by atoms with E-state index < -0.39 is 11.9 Å². The molecule has 2 atom stereocenters. The molecule has 142 valence electrons. The van der Waals surface area contributed by atoms with Crippen LogP contribution in [0.15, 0.2) is 47.3 Å². The maximum Gasteiger partial charge on any atom is 0.346 e. The molecule has 28 heavy (non-hydrogen) atoms. The van der Waals surface area contributed by atoms with Gasteiger partial charge in [0, 0.05) is 17.4 Å². The lowest BCUT2D eigenvalue weighted by Gasteiger charge is -2.39. The lowest BCUT2D eigenvalue weighted by atomic mass is 9.63. The molecule has 0 spiro atoms. The van der Waals surface area contributed by atoms with E-state index in [2.05, 4.69) is 13.0 Å². The first-order chi connectivity index (χ1) is 13.6. The lowest BCUT2D eigenvalue weighted by molar-refractivity contribution is -0.132. The van der Waals surface area contributed by atoms with Crippen LogP contribution in [0.2, 0.25) is 0 Å². The number of unbranched alkanes of at least 4 members (excludes halogenated alkanes) is 4. The van der Waals surface area contributed by atoms with Crippen LogP contribution in [0.3, 0.4) is 0 Å². The third kappa shape index (κ3) is 2.42. The summed E-state index contributed by atoms with van der Waals surface area (Å²) in [5.74, 6) is -0.735. The predicted molar refractivity (Wildman–Crippen MR) is 101 cm³/mol. The van der Waals surface area contributed by atoms with Crippen LogP contribution in [0, 0.1) is 0 Å². The lowest BCUT2D eigenvalue weighted by Crippen LogP contribution is -2.26. The summed E-state index contributed by atoms with van der Waals surface area (Å²) in [7, 11) is 0. The van der Waals surface area contributed by atoms with Gasteiger partial charge in [-0.3, -0.25) is 0 Å². The van der Waals surface area contributed by atoms with Crippen molar-refractivity contribution in [3.05, 3.63) is 69.5 Å². The Labute approximate surface area is 162 Å². The van der Waals surface area contributed by atoms with Crippen LogP contribution < -0.4 is 0 Å². The maximum atomic E-state index is 12.3. The molecule has 5 nitrogen and oxygen atoms in total. The molecule has 2 aliphatic heterocycles. The molecule has 0 aromatic heterocycles. The third-order valence-electron chi connectivity index (χ3n) is 6.01. The van der Waals surface area contributed by atoms with E-state index in [1.165, 1.54) is 19.3 Å². The number of carbonyl (C=O) groups is 3. The second-order valence-electron chi connectivity index (χ2n) is 7.72. The molecular weight excluding hydrogens is 356 g/mol. The molecule has 2 aliphatic carbocycles. The van der Waals surface area contributed by atoms with Gasteiger partial charge < -0.3 is 9.47 Å². The minimum Gasteiger partial charge on any atom is -0.423 e. The summed E-state index contributed by atoms with van der Waals surface area (Å²) in [5, 5.41) is 0. The molecule has 5 heteroatoms. The van der Waals surface area contributed by atoms with Crippen molar-refractivity contribution >= 4 is 17.9 Å². The fraction of sp³-hybridized carbons (Fsp3) is 0.348. The smallest absolute Gasteiger partial charge is 0.346 e. The Kier molecular flexibility index (Phi) is 3.86. The number of rotatable bonds is 5. The molecule has 2 heterocycles. The van der Waals surface area contributed by atoms with Crippen molar-refractivity contribution < 1.29 is 23.9 Å². The highest BCUT2D eigenvalue weighted by Gasteiger charge is 2.45. The van der Waals surface area contributed by atoms with Gasteiger partial charge in [-0.2, -0.15) is 0 Å². The number of hydrogen-bond donors (Lipinski definition) is 0. The summed E-state index contributed by atoms with van der Waals surface area (Å²) in [4.78, 5) is 36.0. The molecule has 0 N–H and O–H groups in total. The Hall–Kier alpha value is -2.95. The van der Waals surface area contributed by atoms with Crippen molar-refractivity contribution in [1.82, 2.24) is 0 Å². The third-order valence-corrected chi connectivity index (χ3v) is 6.01. The average molecular weight is 376 g/mol. The highest BCUT2D eigenvalue weighted by atomic mass is 16.6. The number of benzene rings is 1. The van der Waals surface area contributed by atoms with Crippen LogP contribution in [0.25, 0.3) is 0 Å². The zero-order valence-electron chi connectivity index (χ0n) is 15.6. The quantitative estimate of drug-likeness (QED) is 0.431. The van der Waals surface area contributed by atoms with Crippen LogP contribution in [0.5, 0.6) is 0 Å². The molecule has 1 fully saturated rings. The minimum atomic E-state index is -0.598. The summed E-state index contributed by atoms with van der Waals surface area (Å²) >= 11 is 0. The first-order valence-electron chi connectivity index (χ1n) is 9.89. The van der Waals surface area contributed by atoms with Gasteiger partial charge in [0.2, 0.25) is 0 Å². The topological polar surface area (TPSA) is 69.7 Å². The number of hydrogen-bond acceptors (Lipinski definition) is 5. The Morgan fingerprint density at radius 3 is 2.11 bits per heavy atom. The number of fused-ring (bicyclic) bond motifs is 6. The molecule has 1 aromatic rings. The fourth-order valence-electron chi connectivity index (χ4n) is 4.52. The zero-order chi connectivity index (χ0) is 19.4. The SMILES string of the molecule is CCCCCCC=C1OC(=O)C2=CC3c4cc5c(cc4C3C=C12)C(=O)OC5=O. The number of cyclic esters (lactones) is 3. The Morgan fingerprint density at radius 2 is 1.46 bits per heavy atom. The van der Waals surface area contributed by atoms with Gasteiger partial charge in [-0.25, -0.2) is 14.4 Å². The number of ether oxygens (including phenoxy) is 2. The van der Waals surface area contributed by atoms with Crippen molar-refractivity contribution in [1.29, 1.82) is 0 Å². The van der Waals surface area contributed by atoms with Crippen molar-refractivity contribution in [3.8, 4) is 0 Å². The standard InChI is InChI=1S/C23H20O5/c1-2-3-4-5-6-7-20-16-8-12-13(9-17(16)21(24)27-20)15-11-19-18(10-14(12)15)22(25)28-23(19)26/h7-13H,2-6H2,1H3. The van der Waals surface area contributed by atoms with E-state index in [4.69, 9.17) is 9.47 Å². The van der Waals surface area contributed by atoms with Gasteiger partial charge in [0.15, 0.2) is 0 Å². The summed E-state index contributed by atoms with van der Waals surface area (Å²) in [6.07, 6.45) is 11.6. The Bertz CT molecular complexity index is 1020. The molecule has 0 radical (unpaired) electrons. The monoisotopic (exact) mass is 376 g/mol. The van der Waals surface area contributed by atoms with Crippen LogP contribution >= 0.6 is 0 Å². The molecular formula is C23H20O5. The number of carbonyl (C=O) groups excluding carboxylic acids is 3. The normalized spacial score (nSPS) is 25.2. The summed E-state index contributed by atoms with van der Waals surface area (Å²) < 4.78 is 10.2. The van der Waals surface area contributed by atoms with Crippen molar-refractivity contribution in [3.63, 3.8) is 0 Å². The van der Waals surface area contributed by atoms with Gasteiger partial charge in [0.25, 0.3) is 0 Å². The van der Waals surface area contributed by atoms with Crippen LogP contribution in [-0.2, 0) is 14.3 Å². The predicted octanol–water partition coefficient (Wildman–Crippen LogP) is 4.46. The van der Waals surface area contributed by atoms with E-state index in [9.17, 15) is 14.4 Å². The average Bonchev–Trinajstić information content (AvgIpc) is 3.14. The van der Waals surface area contributed by atoms with Gasteiger partial charge >= 0.3 is 17.9 Å². The van der Waals surface area contributed by atoms with Gasteiger partial charge in [0.1, 0.15) is 5.76 Å². The van der Waals surface area contributed by atoms with Crippen molar-refractivity contribution in [2.75, 3.05) is 0 Å². The first kappa shape index (κ1) is 17.2. The van der Waals surface area contributed by atoms with Gasteiger partial charge in [0.05, 0.1) is 16.7 Å². The summed E-state index contributed by atoms with van der Waals surface area (Å²) in [5.41, 5.74) is 4.10. The van der Waals surface area contributed by atoms with E-state index in [0.717, 1.165) is 29.5 Å². The molecule has 4 aliphatic rings.